The molecule has 0 amide bonds. The highest BCUT2D eigenvalue weighted by atomic mass is 32.2. The first-order valence-electron chi connectivity index (χ1n) is 12.7. The highest BCUT2D eigenvalue weighted by Crippen LogP contribution is 2.38. The molecule has 1 aliphatic rings. The molecule has 41 heavy (non-hydrogen) atoms. The maximum atomic E-state index is 12.0. The van der Waals surface area contributed by atoms with Crippen molar-refractivity contribution >= 4 is 22.5 Å². The van der Waals surface area contributed by atoms with Crippen molar-refractivity contribution in [2.24, 2.45) is 0 Å². The van der Waals surface area contributed by atoms with Crippen LogP contribution in [0.15, 0.2) is 83.8 Å². The lowest BCUT2D eigenvalue weighted by molar-refractivity contribution is -0.385. The summed E-state index contributed by atoms with van der Waals surface area (Å²) >= 11 is -2.52. The molecule has 1 aliphatic heterocycles. The molecule has 2 heterocycles. The second-order valence-electron chi connectivity index (χ2n) is 9.02. The summed E-state index contributed by atoms with van der Waals surface area (Å²) in [6, 6.07) is 22.0. The smallest absolute Gasteiger partial charge is 0.271 e. The molecular formula is C29H27N3O8S. The van der Waals surface area contributed by atoms with Crippen LogP contribution in [0.3, 0.4) is 0 Å². The van der Waals surface area contributed by atoms with E-state index in [4.69, 9.17) is 23.9 Å². The molecule has 1 unspecified atom stereocenters. The number of nitrogens with zero attached hydrogens (tertiary/aromatic N) is 3. The second kappa shape index (κ2) is 12.8. The maximum Gasteiger partial charge on any atom is 0.271 e. The summed E-state index contributed by atoms with van der Waals surface area (Å²) in [6.45, 7) is 2.89. The van der Waals surface area contributed by atoms with Gasteiger partial charge in [-0.15, -0.1) is 0 Å². The minimum Gasteiger partial charge on any atom is -0.497 e. The van der Waals surface area contributed by atoms with Gasteiger partial charge in [0.25, 0.3) is 5.69 Å². The molecule has 0 spiro atoms. The Labute approximate surface area is 238 Å². The molecule has 212 valence electrons. The van der Waals surface area contributed by atoms with E-state index in [0.29, 0.717) is 49.2 Å². The molecule has 1 saturated heterocycles. The number of anilines is 1. The molecular weight excluding hydrogens is 550 g/mol. The predicted molar refractivity (Wildman–Crippen MR) is 152 cm³/mol. The van der Waals surface area contributed by atoms with Crippen molar-refractivity contribution in [3.8, 4) is 34.4 Å². The molecule has 1 N–H and O–H groups in total. The van der Waals surface area contributed by atoms with Gasteiger partial charge in [-0.25, -0.2) is 9.19 Å². The molecule has 12 heteroatoms. The van der Waals surface area contributed by atoms with E-state index in [0.717, 1.165) is 23.1 Å². The van der Waals surface area contributed by atoms with Gasteiger partial charge in [0.2, 0.25) is 5.88 Å². The van der Waals surface area contributed by atoms with Gasteiger partial charge in [-0.2, -0.15) is 0 Å². The maximum absolute atomic E-state index is 12.0. The van der Waals surface area contributed by atoms with Gasteiger partial charge in [0.1, 0.15) is 28.8 Å². The SMILES string of the molecule is COc1ccc(COc2cc(N3CCOCC3)cc(-c3ccccc3Oc3ccc([N+](=O)[O-])cc3S(=O)O)n2)cc1. The highest BCUT2D eigenvalue weighted by molar-refractivity contribution is 7.79. The quantitative estimate of drug-likeness (QED) is 0.147. The summed E-state index contributed by atoms with van der Waals surface area (Å²) in [5.41, 5.74) is 2.68. The molecule has 11 nitrogen and oxygen atoms in total. The molecule has 0 saturated carbocycles. The Morgan fingerprint density at radius 1 is 1.02 bits per heavy atom. The van der Waals surface area contributed by atoms with Crippen LogP contribution in [0, 0.1) is 10.1 Å². The van der Waals surface area contributed by atoms with Crippen molar-refractivity contribution in [2.75, 3.05) is 38.3 Å². The molecule has 0 bridgehead atoms. The van der Waals surface area contributed by atoms with Gasteiger partial charge in [-0.1, -0.05) is 24.3 Å². The fourth-order valence-corrected chi connectivity index (χ4v) is 4.81. The third-order valence-corrected chi connectivity index (χ3v) is 7.11. The predicted octanol–water partition coefficient (Wildman–Crippen LogP) is 5.45. The lowest BCUT2D eigenvalue weighted by Gasteiger charge is -2.29. The third kappa shape index (κ3) is 6.80. The van der Waals surface area contributed by atoms with Crippen molar-refractivity contribution in [3.63, 3.8) is 0 Å². The third-order valence-electron chi connectivity index (χ3n) is 6.42. The number of non-ortho nitro benzene ring substituents is 1. The summed E-state index contributed by atoms with van der Waals surface area (Å²) in [5, 5.41) is 11.2. The van der Waals surface area contributed by atoms with Crippen LogP contribution >= 0.6 is 0 Å². The monoisotopic (exact) mass is 577 g/mol. The molecule has 1 aromatic heterocycles. The fourth-order valence-electron chi connectivity index (χ4n) is 4.30. The van der Waals surface area contributed by atoms with Gasteiger partial charge in [-0.05, 0) is 42.0 Å². The first-order valence-corrected chi connectivity index (χ1v) is 13.8. The number of pyridine rings is 1. The number of hydrogen-bond donors (Lipinski definition) is 1. The Morgan fingerprint density at radius 3 is 2.49 bits per heavy atom. The van der Waals surface area contributed by atoms with Gasteiger partial charge >= 0.3 is 0 Å². The van der Waals surface area contributed by atoms with Gasteiger partial charge in [0.05, 0.1) is 30.9 Å². The summed E-state index contributed by atoms with van der Waals surface area (Å²) in [7, 11) is 1.61. The van der Waals surface area contributed by atoms with Crippen molar-refractivity contribution in [1.29, 1.82) is 0 Å². The minimum atomic E-state index is -2.52. The Kier molecular flexibility index (Phi) is 8.73. The van der Waals surface area contributed by atoms with E-state index < -0.39 is 16.0 Å². The number of para-hydroxylation sites is 1. The van der Waals surface area contributed by atoms with E-state index in [2.05, 4.69) is 4.90 Å². The zero-order chi connectivity index (χ0) is 28.8. The van der Waals surface area contributed by atoms with Gasteiger partial charge in [-0.3, -0.25) is 10.1 Å². The van der Waals surface area contributed by atoms with Crippen molar-refractivity contribution in [3.05, 3.63) is 94.5 Å². The Bertz CT molecular complexity index is 1560. The standard InChI is InChI=1S/C29H27N3O8S/c1-37-23-9-6-20(7-10-23)19-39-29-18-22(31-12-14-38-15-13-31)16-25(30-29)24-4-2-3-5-26(24)40-27-11-8-21(32(33)34)17-28(27)41(35)36/h2-11,16-18H,12-15,19H2,1H3,(H,35,36). The van der Waals surface area contributed by atoms with Crippen LogP contribution < -0.4 is 19.1 Å². The van der Waals surface area contributed by atoms with E-state index in [-0.39, 0.29) is 22.9 Å². The van der Waals surface area contributed by atoms with Crippen LogP contribution in [0.4, 0.5) is 11.4 Å². The van der Waals surface area contributed by atoms with E-state index in [9.17, 15) is 18.9 Å². The van der Waals surface area contributed by atoms with Crippen LogP contribution in [-0.4, -0.2) is 52.1 Å². The van der Waals surface area contributed by atoms with Gasteiger partial charge in [0.15, 0.2) is 11.1 Å². The largest absolute Gasteiger partial charge is 0.497 e. The van der Waals surface area contributed by atoms with Crippen LogP contribution in [0.5, 0.6) is 23.1 Å². The summed E-state index contributed by atoms with van der Waals surface area (Å²) < 4.78 is 44.7. The fraction of sp³-hybridized carbons (Fsp3) is 0.207. The second-order valence-corrected chi connectivity index (χ2v) is 9.96. The molecule has 0 aliphatic carbocycles. The summed E-state index contributed by atoms with van der Waals surface area (Å²) in [4.78, 5) is 17.3. The average molecular weight is 578 g/mol. The van der Waals surface area contributed by atoms with Crippen LogP contribution in [0.25, 0.3) is 11.3 Å². The number of hydrogen-bond acceptors (Lipinski definition) is 9. The van der Waals surface area contributed by atoms with Crippen LogP contribution in [0.1, 0.15) is 5.56 Å². The zero-order valence-electron chi connectivity index (χ0n) is 22.1. The van der Waals surface area contributed by atoms with Gasteiger partial charge < -0.3 is 28.4 Å². The van der Waals surface area contributed by atoms with E-state index in [1.165, 1.54) is 12.1 Å². The number of nitro groups is 1. The van der Waals surface area contributed by atoms with Crippen molar-refractivity contribution < 1.29 is 32.6 Å². The molecule has 1 fully saturated rings. The topological polar surface area (TPSA) is 133 Å². The Hall–Kier alpha value is -4.52. The molecule has 4 aromatic rings. The zero-order valence-corrected chi connectivity index (χ0v) is 22.9. The normalized spacial score (nSPS) is 13.9. The van der Waals surface area contributed by atoms with Crippen LogP contribution in [0.2, 0.25) is 0 Å². The minimum absolute atomic E-state index is 0.0178. The Morgan fingerprint density at radius 2 is 1.78 bits per heavy atom. The number of methoxy groups -OCH3 is 1. The van der Waals surface area contributed by atoms with Crippen LogP contribution in [-0.2, 0) is 22.4 Å². The Balaban J connectivity index is 1.50. The van der Waals surface area contributed by atoms with Crippen molar-refractivity contribution in [2.45, 2.75) is 11.5 Å². The lowest BCUT2D eigenvalue weighted by Crippen LogP contribution is -2.36. The average Bonchev–Trinajstić information content (AvgIpc) is 3.01. The highest BCUT2D eigenvalue weighted by Gasteiger charge is 2.20. The summed E-state index contributed by atoms with van der Waals surface area (Å²) in [6.07, 6.45) is 0. The molecule has 1 atom stereocenters. The number of rotatable bonds is 10. The van der Waals surface area contributed by atoms with Gasteiger partial charge in [0, 0.05) is 42.5 Å². The van der Waals surface area contributed by atoms with Crippen molar-refractivity contribution in [1.82, 2.24) is 4.98 Å². The first-order chi connectivity index (χ1) is 19.9. The molecule has 0 radical (unpaired) electrons. The molecule has 3 aromatic carbocycles. The van der Waals surface area contributed by atoms with E-state index in [1.54, 1.807) is 19.2 Å². The van der Waals surface area contributed by atoms with E-state index in [1.807, 2.05) is 48.5 Å². The number of nitro benzene ring substituents is 1. The lowest BCUT2D eigenvalue weighted by atomic mass is 10.1. The molecule has 5 rings (SSSR count). The van der Waals surface area contributed by atoms with E-state index >= 15 is 0 Å². The number of ether oxygens (including phenoxy) is 4. The summed E-state index contributed by atoms with van der Waals surface area (Å²) in [5.74, 6) is 1.52. The number of aromatic nitrogens is 1. The first kappa shape index (κ1) is 28.0. The number of benzene rings is 3. The number of morpholine rings is 1.